The van der Waals surface area contributed by atoms with E-state index in [-0.39, 0.29) is 43.6 Å². The highest BCUT2D eigenvalue weighted by Crippen LogP contribution is 2.38. The molecule has 3 aliphatic heterocycles. The summed E-state index contributed by atoms with van der Waals surface area (Å²) in [5, 5.41) is 14.7. The number of ether oxygens (including phenoxy) is 2. The molecule has 7 rings (SSSR count). The fourth-order valence-electron chi connectivity index (χ4n) is 6.81. The van der Waals surface area contributed by atoms with E-state index in [1.165, 1.54) is 6.07 Å². The lowest BCUT2D eigenvalue weighted by atomic mass is 9.87. The van der Waals surface area contributed by atoms with Crippen molar-refractivity contribution >= 4 is 16.9 Å². The minimum atomic E-state index is -4.51. The minimum Gasteiger partial charge on any atom is -0.457 e. The van der Waals surface area contributed by atoms with Gasteiger partial charge in [0.25, 0.3) is 0 Å². The first kappa shape index (κ1) is 31.6. The summed E-state index contributed by atoms with van der Waals surface area (Å²) in [7, 11) is 0. The Hall–Kier alpha value is -3.97. The highest BCUT2D eigenvalue weighted by Gasteiger charge is 2.40. The van der Waals surface area contributed by atoms with Crippen LogP contribution in [0.2, 0.25) is 0 Å². The Morgan fingerprint density at radius 1 is 1.13 bits per heavy atom. The third-order valence-corrected chi connectivity index (χ3v) is 9.54. The number of hydrogen-bond donors (Lipinski definition) is 3. The highest BCUT2D eigenvalue weighted by molar-refractivity contribution is 5.84. The lowest BCUT2D eigenvalue weighted by Gasteiger charge is -2.35. The van der Waals surface area contributed by atoms with E-state index in [9.17, 15) is 23.1 Å². The summed E-state index contributed by atoms with van der Waals surface area (Å²) in [4.78, 5) is 24.9. The Kier molecular flexibility index (Phi) is 8.46. The molecule has 0 radical (unpaired) electrons. The SMILES string of the molecule is CC[C@H]1CN(C(=O)Cc2ccc(CN3CCNCC3)c(C(F)(F)F)c2)Cc2cc(Oc3ccnc4[nH]c(C5(O)COC5)cc34)ccc21. The number of aromatic nitrogens is 2. The Balaban J connectivity index is 1.09. The van der Waals surface area contributed by atoms with Gasteiger partial charge in [0.1, 0.15) is 17.1 Å². The molecule has 1 atom stereocenters. The van der Waals surface area contributed by atoms with Gasteiger partial charge in [-0.3, -0.25) is 9.69 Å². The number of carbonyl (C=O) groups excluding carboxylic acids is 1. The number of rotatable bonds is 8. The van der Waals surface area contributed by atoms with Crippen LogP contribution >= 0.6 is 0 Å². The predicted octanol–water partition coefficient (Wildman–Crippen LogP) is 5.08. The summed E-state index contributed by atoms with van der Waals surface area (Å²) >= 11 is 0. The van der Waals surface area contributed by atoms with E-state index < -0.39 is 17.3 Å². The number of aromatic amines is 1. The summed E-state index contributed by atoms with van der Waals surface area (Å²) in [6.45, 7) is 6.44. The second-order valence-corrected chi connectivity index (χ2v) is 12.8. The van der Waals surface area contributed by atoms with Crippen LogP contribution in [-0.4, -0.2) is 76.7 Å². The van der Waals surface area contributed by atoms with Crippen molar-refractivity contribution in [3.8, 4) is 11.5 Å². The molecule has 5 heterocycles. The first-order valence-electron chi connectivity index (χ1n) is 16.1. The van der Waals surface area contributed by atoms with Crippen molar-refractivity contribution in [3.63, 3.8) is 0 Å². The molecule has 0 unspecified atom stereocenters. The van der Waals surface area contributed by atoms with Crippen molar-refractivity contribution in [3.05, 3.63) is 88.2 Å². The number of pyridine rings is 1. The maximum absolute atomic E-state index is 14.1. The molecule has 12 heteroatoms. The van der Waals surface area contributed by atoms with Crippen molar-refractivity contribution in [2.75, 3.05) is 45.9 Å². The van der Waals surface area contributed by atoms with Crippen molar-refractivity contribution in [2.24, 2.45) is 0 Å². The molecule has 0 aliphatic carbocycles. The zero-order chi connectivity index (χ0) is 32.8. The van der Waals surface area contributed by atoms with Gasteiger partial charge in [0.05, 0.1) is 36.3 Å². The van der Waals surface area contributed by atoms with E-state index in [2.05, 4.69) is 22.2 Å². The van der Waals surface area contributed by atoms with E-state index in [4.69, 9.17) is 9.47 Å². The van der Waals surface area contributed by atoms with Gasteiger partial charge >= 0.3 is 6.18 Å². The van der Waals surface area contributed by atoms with Gasteiger partial charge in [0.15, 0.2) is 5.60 Å². The second-order valence-electron chi connectivity index (χ2n) is 12.8. The van der Waals surface area contributed by atoms with Crippen LogP contribution in [0.15, 0.2) is 54.7 Å². The molecule has 0 spiro atoms. The summed E-state index contributed by atoms with van der Waals surface area (Å²) in [5.41, 5.74) is 2.12. The van der Waals surface area contributed by atoms with E-state index in [1.807, 2.05) is 29.2 Å². The number of piperazine rings is 1. The molecule has 3 N–H and O–H groups in total. The van der Waals surface area contributed by atoms with Crippen LogP contribution in [0.1, 0.15) is 52.8 Å². The number of benzene rings is 2. The average molecular weight is 650 g/mol. The maximum Gasteiger partial charge on any atom is 0.416 e. The molecule has 0 bridgehead atoms. The predicted molar refractivity (Wildman–Crippen MR) is 169 cm³/mol. The largest absolute Gasteiger partial charge is 0.457 e. The molecule has 47 heavy (non-hydrogen) atoms. The van der Waals surface area contributed by atoms with Gasteiger partial charge in [-0.25, -0.2) is 4.98 Å². The maximum atomic E-state index is 14.1. The summed E-state index contributed by atoms with van der Waals surface area (Å²) in [6.07, 6.45) is -2.18. The molecule has 248 valence electrons. The van der Waals surface area contributed by atoms with Gasteiger partial charge in [-0.05, 0) is 59.0 Å². The van der Waals surface area contributed by atoms with Crippen LogP contribution in [0.4, 0.5) is 13.2 Å². The molecule has 9 nitrogen and oxygen atoms in total. The number of nitrogens with zero attached hydrogens (tertiary/aromatic N) is 3. The summed E-state index contributed by atoms with van der Waals surface area (Å²) in [5.74, 6) is 1.04. The fraction of sp³-hybridized carbons (Fsp3) is 0.429. The number of nitrogens with one attached hydrogen (secondary N) is 2. The monoisotopic (exact) mass is 649 g/mol. The molecule has 2 aromatic carbocycles. The van der Waals surface area contributed by atoms with Gasteiger partial charge in [-0.2, -0.15) is 13.2 Å². The van der Waals surface area contributed by atoms with E-state index >= 15 is 0 Å². The van der Waals surface area contributed by atoms with Crippen LogP contribution in [0.3, 0.4) is 0 Å². The zero-order valence-corrected chi connectivity index (χ0v) is 26.2. The number of halogens is 3. The van der Waals surface area contributed by atoms with Gasteiger partial charge in [-0.15, -0.1) is 0 Å². The van der Waals surface area contributed by atoms with Crippen molar-refractivity contribution < 1.29 is 32.5 Å². The number of hydrogen-bond acceptors (Lipinski definition) is 7. The highest BCUT2D eigenvalue weighted by atomic mass is 19.4. The summed E-state index contributed by atoms with van der Waals surface area (Å²) in [6, 6.07) is 13.8. The molecular weight excluding hydrogens is 611 g/mol. The second kappa shape index (κ2) is 12.6. The third kappa shape index (κ3) is 6.47. The molecule has 2 fully saturated rings. The lowest BCUT2D eigenvalue weighted by molar-refractivity contribution is -0.186. The molecule has 4 aromatic rings. The van der Waals surface area contributed by atoms with Gasteiger partial charge in [-0.1, -0.05) is 25.1 Å². The number of H-pyrrole nitrogens is 1. The first-order chi connectivity index (χ1) is 22.6. The van der Waals surface area contributed by atoms with E-state index in [0.717, 1.165) is 42.1 Å². The van der Waals surface area contributed by atoms with Crippen molar-refractivity contribution in [1.82, 2.24) is 25.1 Å². The van der Waals surface area contributed by atoms with Gasteiger partial charge < -0.3 is 29.8 Å². The first-order valence-corrected chi connectivity index (χ1v) is 16.1. The van der Waals surface area contributed by atoms with Crippen molar-refractivity contribution in [2.45, 2.75) is 50.6 Å². The smallest absolute Gasteiger partial charge is 0.416 e. The van der Waals surface area contributed by atoms with Crippen molar-refractivity contribution in [1.29, 1.82) is 0 Å². The van der Waals surface area contributed by atoms with Crippen LogP contribution < -0.4 is 10.1 Å². The average Bonchev–Trinajstić information content (AvgIpc) is 3.49. The Bertz CT molecular complexity index is 1780. The number of carbonyl (C=O) groups is 1. The number of alkyl halides is 3. The van der Waals surface area contributed by atoms with Crippen LogP contribution in [0.25, 0.3) is 11.0 Å². The quantitative estimate of drug-likeness (QED) is 0.245. The minimum absolute atomic E-state index is 0.0919. The topological polar surface area (TPSA) is 103 Å². The van der Waals surface area contributed by atoms with Crippen LogP contribution in [0.5, 0.6) is 11.5 Å². The third-order valence-electron chi connectivity index (χ3n) is 9.54. The Labute approximate surface area is 270 Å². The van der Waals surface area contributed by atoms with Crippen LogP contribution in [-0.2, 0) is 40.8 Å². The number of fused-ring (bicyclic) bond motifs is 2. The Morgan fingerprint density at radius 2 is 1.94 bits per heavy atom. The fourth-order valence-corrected chi connectivity index (χ4v) is 6.81. The normalized spacial score (nSPS) is 19.8. The van der Waals surface area contributed by atoms with Crippen LogP contribution in [0, 0.1) is 0 Å². The van der Waals surface area contributed by atoms with E-state index in [1.54, 1.807) is 23.2 Å². The Morgan fingerprint density at radius 3 is 2.66 bits per heavy atom. The molecular formula is C35H38F3N5O4. The molecule has 0 saturated carbocycles. The standard InChI is InChI=1S/C35H38F3N5O4/c1-2-23-18-43(32(44)14-22-3-4-24(29(13-22)35(36,37)38)17-42-11-9-39-10-12-42)19-25-15-26(5-6-27(23)25)47-30-7-8-40-33-28(30)16-31(41-33)34(45)20-46-21-34/h3-8,13,15-16,23,39,45H,2,9-12,14,17-21H2,1H3,(H,40,41)/t23-/m0/s1. The molecule has 2 aromatic heterocycles. The molecule has 3 aliphatic rings. The number of amides is 1. The lowest BCUT2D eigenvalue weighted by Crippen LogP contribution is -2.46. The van der Waals surface area contributed by atoms with Gasteiger partial charge in [0, 0.05) is 57.9 Å². The molecule has 2 saturated heterocycles. The number of aliphatic hydroxyl groups is 1. The van der Waals surface area contributed by atoms with E-state index in [0.29, 0.717) is 54.6 Å². The molecule has 1 amide bonds. The summed E-state index contributed by atoms with van der Waals surface area (Å²) < 4.78 is 53.9. The zero-order valence-electron chi connectivity index (χ0n) is 26.2. The van der Waals surface area contributed by atoms with Gasteiger partial charge in [0.2, 0.25) is 5.91 Å².